The summed E-state index contributed by atoms with van der Waals surface area (Å²) < 4.78 is 32.5. The third kappa shape index (κ3) is 3.49. The van der Waals surface area contributed by atoms with Crippen LogP contribution in [0, 0.1) is 0 Å². The SMILES string of the molecule is CN1CCN(S(=O)(=O)c2c[nH]c(-c3nnc(C(=O)N4CCCC4)o3)c2)CC1. The van der Waals surface area contributed by atoms with Crippen molar-refractivity contribution in [3.63, 3.8) is 0 Å². The molecule has 0 aliphatic carbocycles. The van der Waals surface area contributed by atoms with E-state index in [-0.39, 0.29) is 22.6 Å². The lowest BCUT2D eigenvalue weighted by Gasteiger charge is -2.31. The highest BCUT2D eigenvalue weighted by Crippen LogP contribution is 2.24. The zero-order valence-corrected chi connectivity index (χ0v) is 15.9. The molecule has 1 amide bonds. The number of hydrogen-bond acceptors (Lipinski definition) is 7. The summed E-state index contributed by atoms with van der Waals surface area (Å²) in [4.78, 5) is 19.1. The molecule has 0 bridgehead atoms. The molecule has 10 nitrogen and oxygen atoms in total. The molecule has 2 aliphatic heterocycles. The van der Waals surface area contributed by atoms with Gasteiger partial charge in [-0.1, -0.05) is 0 Å². The van der Waals surface area contributed by atoms with Gasteiger partial charge >= 0.3 is 11.8 Å². The molecule has 2 aromatic heterocycles. The molecule has 2 saturated heterocycles. The summed E-state index contributed by atoms with van der Waals surface area (Å²) >= 11 is 0. The minimum atomic E-state index is -3.58. The lowest BCUT2D eigenvalue weighted by Crippen LogP contribution is -2.46. The molecule has 4 rings (SSSR count). The number of H-pyrrole nitrogens is 1. The van der Waals surface area contributed by atoms with Gasteiger partial charge in [0, 0.05) is 45.5 Å². The quantitative estimate of drug-likeness (QED) is 0.789. The Balaban J connectivity index is 1.52. The number of nitrogens with one attached hydrogen (secondary N) is 1. The fraction of sp³-hybridized carbons (Fsp3) is 0.562. The molecule has 2 aliphatic rings. The molecule has 0 unspecified atom stereocenters. The number of nitrogens with zero attached hydrogens (tertiary/aromatic N) is 5. The topological polar surface area (TPSA) is 116 Å². The van der Waals surface area contributed by atoms with Gasteiger partial charge in [-0.3, -0.25) is 4.79 Å². The number of carbonyl (C=O) groups excluding carboxylic acids is 1. The lowest BCUT2D eigenvalue weighted by atomic mass is 10.4. The summed E-state index contributed by atoms with van der Waals surface area (Å²) in [7, 11) is -1.62. The van der Waals surface area contributed by atoms with Crippen molar-refractivity contribution in [1.82, 2.24) is 29.3 Å². The highest BCUT2D eigenvalue weighted by Gasteiger charge is 2.29. The van der Waals surface area contributed by atoms with Gasteiger partial charge < -0.3 is 19.2 Å². The van der Waals surface area contributed by atoms with Crippen LogP contribution in [0.1, 0.15) is 23.5 Å². The summed E-state index contributed by atoms with van der Waals surface area (Å²) in [6.07, 6.45) is 3.35. The highest BCUT2D eigenvalue weighted by atomic mass is 32.2. The molecule has 0 saturated carbocycles. The van der Waals surface area contributed by atoms with E-state index in [0.717, 1.165) is 12.8 Å². The maximum absolute atomic E-state index is 12.8. The number of carbonyl (C=O) groups is 1. The summed E-state index contributed by atoms with van der Waals surface area (Å²) in [5.41, 5.74) is 0.371. The Bertz CT molecular complexity index is 922. The summed E-state index contributed by atoms with van der Waals surface area (Å²) in [5.74, 6) is -0.273. The minimum Gasteiger partial charge on any atom is -0.411 e. The van der Waals surface area contributed by atoms with Crippen LogP contribution in [-0.4, -0.2) is 89.9 Å². The number of aromatic nitrogens is 3. The maximum atomic E-state index is 12.8. The number of aromatic amines is 1. The molecule has 146 valence electrons. The summed E-state index contributed by atoms with van der Waals surface area (Å²) in [5, 5.41) is 7.70. The van der Waals surface area contributed by atoms with Crippen LogP contribution in [0.2, 0.25) is 0 Å². The molecule has 27 heavy (non-hydrogen) atoms. The Labute approximate surface area is 157 Å². The zero-order valence-electron chi connectivity index (χ0n) is 15.1. The summed E-state index contributed by atoms with van der Waals surface area (Å²) in [6, 6.07) is 1.46. The van der Waals surface area contributed by atoms with Gasteiger partial charge in [0.1, 0.15) is 10.6 Å². The Morgan fingerprint density at radius 3 is 2.52 bits per heavy atom. The first-order valence-corrected chi connectivity index (χ1v) is 10.4. The van der Waals surface area contributed by atoms with Gasteiger partial charge in [-0.25, -0.2) is 8.42 Å². The first kappa shape index (κ1) is 18.1. The second kappa shape index (κ2) is 7.06. The van der Waals surface area contributed by atoms with Crippen LogP contribution >= 0.6 is 0 Å². The lowest BCUT2D eigenvalue weighted by molar-refractivity contribution is 0.0754. The van der Waals surface area contributed by atoms with E-state index in [4.69, 9.17) is 4.42 Å². The number of rotatable bonds is 4. The van der Waals surface area contributed by atoms with Crippen molar-refractivity contribution in [3.05, 3.63) is 18.2 Å². The molecule has 2 fully saturated rings. The number of hydrogen-bond donors (Lipinski definition) is 1. The Morgan fingerprint density at radius 1 is 1.11 bits per heavy atom. The maximum Gasteiger partial charge on any atom is 0.311 e. The highest BCUT2D eigenvalue weighted by molar-refractivity contribution is 7.89. The first-order valence-electron chi connectivity index (χ1n) is 8.95. The Morgan fingerprint density at radius 2 is 1.81 bits per heavy atom. The van der Waals surface area contributed by atoms with Crippen molar-refractivity contribution in [3.8, 4) is 11.6 Å². The molecule has 0 atom stereocenters. The molecule has 1 N–H and O–H groups in total. The Hall–Kier alpha value is -2.24. The smallest absolute Gasteiger partial charge is 0.311 e. The van der Waals surface area contributed by atoms with Crippen molar-refractivity contribution in [2.24, 2.45) is 0 Å². The number of likely N-dealkylation sites (N-methyl/N-ethyl adjacent to an activating group) is 1. The van der Waals surface area contributed by atoms with Gasteiger partial charge in [-0.05, 0) is 26.0 Å². The van der Waals surface area contributed by atoms with Crippen LogP contribution in [0.25, 0.3) is 11.6 Å². The van der Waals surface area contributed by atoms with E-state index in [1.54, 1.807) is 4.90 Å². The van der Waals surface area contributed by atoms with E-state index in [2.05, 4.69) is 20.1 Å². The van der Waals surface area contributed by atoms with Crippen LogP contribution in [0.15, 0.2) is 21.6 Å². The number of sulfonamides is 1. The van der Waals surface area contributed by atoms with Crippen LogP contribution in [-0.2, 0) is 10.0 Å². The van der Waals surface area contributed by atoms with Crippen molar-refractivity contribution in [2.45, 2.75) is 17.7 Å². The normalized spacial score (nSPS) is 19.7. The first-order chi connectivity index (χ1) is 12.9. The monoisotopic (exact) mass is 394 g/mol. The van der Waals surface area contributed by atoms with Gasteiger partial charge in [0.05, 0.1) is 0 Å². The third-order valence-electron chi connectivity index (χ3n) is 4.99. The van der Waals surface area contributed by atoms with Crippen molar-refractivity contribution in [1.29, 1.82) is 0 Å². The minimum absolute atomic E-state index is 0.0787. The van der Waals surface area contributed by atoms with Crippen molar-refractivity contribution >= 4 is 15.9 Å². The fourth-order valence-corrected chi connectivity index (χ4v) is 4.72. The second-order valence-corrected chi connectivity index (χ2v) is 8.81. The van der Waals surface area contributed by atoms with Gasteiger partial charge in [-0.2, -0.15) is 4.31 Å². The fourth-order valence-electron chi connectivity index (χ4n) is 3.30. The standard InChI is InChI=1S/C16H22N6O4S/c1-20-6-8-22(9-7-20)27(24,25)12-10-13(17-11-12)14-18-19-15(26-14)16(23)21-4-2-3-5-21/h10-11,17H,2-9H2,1H3. The van der Waals surface area contributed by atoms with E-state index < -0.39 is 10.0 Å². The molecule has 0 aromatic carbocycles. The van der Waals surface area contributed by atoms with Crippen LogP contribution < -0.4 is 0 Å². The van der Waals surface area contributed by atoms with E-state index in [1.165, 1.54) is 16.6 Å². The van der Waals surface area contributed by atoms with Gasteiger partial charge in [0.25, 0.3) is 5.89 Å². The largest absolute Gasteiger partial charge is 0.411 e. The van der Waals surface area contributed by atoms with E-state index in [9.17, 15) is 13.2 Å². The van der Waals surface area contributed by atoms with Crippen LogP contribution in [0.5, 0.6) is 0 Å². The zero-order chi connectivity index (χ0) is 19.0. The molecule has 2 aromatic rings. The van der Waals surface area contributed by atoms with Crippen LogP contribution in [0.3, 0.4) is 0 Å². The van der Waals surface area contributed by atoms with E-state index in [1.807, 2.05) is 7.05 Å². The molecule has 0 radical (unpaired) electrons. The average molecular weight is 394 g/mol. The third-order valence-corrected chi connectivity index (χ3v) is 6.86. The average Bonchev–Trinajstić information content (AvgIpc) is 3.42. The number of likely N-dealkylation sites (tertiary alicyclic amines) is 1. The molecule has 0 spiro atoms. The predicted molar refractivity (Wildman–Crippen MR) is 95.5 cm³/mol. The van der Waals surface area contributed by atoms with E-state index >= 15 is 0 Å². The van der Waals surface area contributed by atoms with Crippen molar-refractivity contribution in [2.75, 3.05) is 46.3 Å². The van der Waals surface area contributed by atoms with Gasteiger partial charge in [-0.15, -0.1) is 10.2 Å². The van der Waals surface area contributed by atoms with E-state index in [0.29, 0.717) is 45.0 Å². The molecule has 4 heterocycles. The number of piperazine rings is 1. The van der Waals surface area contributed by atoms with Gasteiger partial charge in [0.2, 0.25) is 10.0 Å². The van der Waals surface area contributed by atoms with Gasteiger partial charge in [0.15, 0.2) is 0 Å². The second-order valence-electron chi connectivity index (χ2n) is 6.87. The van der Waals surface area contributed by atoms with Crippen LogP contribution in [0.4, 0.5) is 0 Å². The molecular weight excluding hydrogens is 372 g/mol. The molecule has 11 heteroatoms. The number of amides is 1. The Kier molecular flexibility index (Phi) is 4.74. The predicted octanol–water partition coefficient (Wildman–Crippen LogP) is 0.237. The van der Waals surface area contributed by atoms with Crippen molar-refractivity contribution < 1.29 is 17.6 Å². The summed E-state index contributed by atoms with van der Waals surface area (Å²) in [6.45, 7) is 3.67. The molecular formula is C16H22N6O4S.